The molecule has 0 radical (unpaired) electrons. The second kappa shape index (κ2) is 9.00. The maximum Gasteiger partial charge on any atom is 0.447 e. The van der Waals surface area contributed by atoms with Crippen LogP contribution < -0.4 is 0 Å². The van der Waals surface area contributed by atoms with Crippen molar-refractivity contribution in [3.63, 3.8) is 0 Å². The maximum absolute atomic E-state index is 12.8. The number of carbonyl (C=O) groups excluding carboxylic acids is 1. The van der Waals surface area contributed by atoms with Gasteiger partial charge in [-0.3, -0.25) is 9.69 Å². The van der Waals surface area contributed by atoms with E-state index in [9.17, 15) is 18.0 Å². The van der Waals surface area contributed by atoms with E-state index in [0.29, 0.717) is 19.0 Å². The van der Waals surface area contributed by atoms with Gasteiger partial charge < -0.3 is 9.64 Å². The molecule has 1 aromatic heterocycles. The zero-order valence-corrected chi connectivity index (χ0v) is 16.9. The molecule has 28 heavy (non-hydrogen) atoms. The van der Waals surface area contributed by atoms with Gasteiger partial charge in [0.1, 0.15) is 5.03 Å². The van der Waals surface area contributed by atoms with Gasteiger partial charge in [-0.05, 0) is 44.7 Å². The lowest BCUT2D eigenvalue weighted by molar-refractivity contribution is -0.0728. The molecule has 3 heterocycles. The quantitative estimate of drug-likeness (QED) is 0.700. The first-order chi connectivity index (χ1) is 13.2. The molecule has 0 saturated carbocycles. The van der Waals surface area contributed by atoms with Crippen LogP contribution in [-0.4, -0.2) is 71.1 Å². The summed E-state index contributed by atoms with van der Waals surface area (Å²) in [5.41, 5.74) is -4.44. The van der Waals surface area contributed by atoms with E-state index in [2.05, 4.69) is 23.7 Å². The molecule has 0 spiro atoms. The fourth-order valence-electron chi connectivity index (χ4n) is 4.03. The fourth-order valence-corrected chi connectivity index (χ4v) is 4.63. The zero-order chi connectivity index (χ0) is 20.3. The van der Waals surface area contributed by atoms with E-state index in [0.717, 1.165) is 32.5 Å². The van der Waals surface area contributed by atoms with Gasteiger partial charge in [-0.1, -0.05) is 0 Å². The summed E-state index contributed by atoms with van der Waals surface area (Å²) < 4.78 is 44.0. The lowest BCUT2D eigenvalue weighted by Gasteiger charge is -2.39. The molecular weight excluding hydrogens is 391 g/mol. The molecule has 156 valence electrons. The number of morpholine rings is 1. The van der Waals surface area contributed by atoms with Crippen molar-refractivity contribution in [3.8, 4) is 0 Å². The van der Waals surface area contributed by atoms with Crippen LogP contribution in [-0.2, 0) is 4.74 Å². The number of hydrogen-bond acceptors (Lipinski definition) is 5. The largest absolute Gasteiger partial charge is 0.447 e. The third kappa shape index (κ3) is 5.84. The molecule has 2 unspecified atom stereocenters. The van der Waals surface area contributed by atoms with Crippen LogP contribution in [0.3, 0.4) is 0 Å². The number of pyridine rings is 1. The Morgan fingerprint density at radius 3 is 2.50 bits per heavy atom. The second-order valence-electron chi connectivity index (χ2n) is 7.62. The molecule has 0 aromatic carbocycles. The van der Waals surface area contributed by atoms with Crippen molar-refractivity contribution in [1.29, 1.82) is 0 Å². The third-order valence-electron chi connectivity index (χ3n) is 5.13. The standard InChI is InChI=1S/C19H26F3N3O2S/c1-13-10-24(11-14(2)27-13)12-15-5-8-25(9-6-15)18(26)16-4-3-7-23-17(16)28-19(20,21)22/h3-4,7,13-15H,5-6,8-12H2,1-2H3. The maximum atomic E-state index is 12.8. The summed E-state index contributed by atoms with van der Waals surface area (Å²) in [7, 11) is 0. The molecular formula is C19H26F3N3O2S. The van der Waals surface area contributed by atoms with Gasteiger partial charge in [0.2, 0.25) is 0 Å². The van der Waals surface area contributed by atoms with Crippen LogP contribution in [0.5, 0.6) is 0 Å². The van der Waals surface area contributed by atoms with Gasteiger partial charge in [0.15, 0.2) is 0 Å². The van der Waals surface area contributed by atoms with E-state index in [4.69, 9.17) is 4.74 Å². The molecule has 9 heteroatoms. The fraction of sp³-hybridized carbons (Fsp3) is 0.684. The average Bonchev–Trinajstić information content (AvgIpc) is 2.60. The molecule has 1 aromatic rings. The Balaban J connectivity index is 1.56. The first-order valence-electron chi connectivity index (χ1n) is 9.59. The minimum Gasteiger partial charge on any atom is -0.373 e. The first-order valence-corrected chi connectivity index (χ1v) is 10.4. The monoisotopic (exact) mass is 417 g/mol. The molecule has 2 aliphatic rings. The lowest BCUT2D eigenvalue weighted by atomic mass is 9.95. The highest BCUT2D eigenvalue weighted by Crippen LogP contribution is 2.37. The predicted octanol–water partition coefficient (Wildman–Crippen LogP) is 3.65. The van der Waals surface area contributed by atoms with Crippen molar-refractivity contribution in [3.05, 3.63) is 23.9 Å². The van der Waals surface area contributed by atoms with E-state index in [1.807, 2.05) is 0 Å². The van der Waals surface area contributed by atoms with Crippen LogP contribution in [0.25, 0.3) is 0 Å². The molecule has 2 atom stereocenters. The van der Waals surface area contributed by atoms with Crippen LogP contribution in [0.1, 0.15) is 37.0 Å². The summed E-state index contributed by atoms with van der Waals surface area (Å²) in [6.07, 6.45) is 3.43. The Morgan fingerprint density at radius 1 is 1.25 bits per heavy atom. The normalized spacial score (nSPS) is 25.1. The molecule has 3 rings (SSSR count). The van der Waals surface area contributed by atoms with Crippen molar-refractivity contribution >= 4 is 17.7 Å². The molecule has 5 nitrogen and oxygen atoms in total. The molecule has 1 amide bonds. The third-order valence-corrected chi connectivity index (χ3v) is 5.88. The molecule has 0 N–H and O–H groups in total. The van der Waals surface area contributed by atoms with E-state index >= 15 is 0 Å². The topological polar surface area (TPSA) is 45.7 Å². The number of thioether (sulfide) groups is 1. The van der Waals surface area contributed by atoms with Crippen molar-refractivity contribution in [1.82, 2.24) is 14.8 Å². The predicted molar refractivity (Wildman–Crippen MR) is 101 cm³/mol. The molecule has 2 aliphatic heterocycles. The van der Waals surface area contributed by atoms with Crippen LogP contribution >= 0.6 is 11.8 Å². The summed E-state index contributed by atoms with van der Waals surface area (Å²) in [6.45, 7) is 8.08. The molecule has 0 bridgehead atoms. The SMILES string of the molecule is CC1CN(CC2CCN(C(=O)c3cccnc3SC(F)(F)F)CC2)CC(C)O1. The minimum absolute atomic E-state index is 0.0269. The number of aromatic nitrogens is 1. The Labute approximate surface area is 167 Å². The van der Waals surface area contributed by atoms with Crippen LogP contribution in [0, 0.1) is 5.92 Å². The Kier molecular flexibility index (Phi) is 6.88. The van der Waals surface area contributed by atoms with Crippen LogP contribution in [0.2, 0.25) is 0 Å². The van der Waals surface area contributed by atoms with Crippen LogP contribution in [0.4, 0.5) is 13.2 Å². The number of likely N-dealkylation sites (tertiary alicyclic amines) is 1. The van der Waals surface area contributed by atoms with Gasteiger partial charge in [0.05, 0.1) is 17.8 Å². The second-order valence-corrected chi connectivity index (χ2v) is 8.67. The van der Waals surface area contributed by atoms with Crippen molar-refractivity contribution in [2.24, 2.45) is 5.92 Å². The lowest BCUT2D eigenvalue weighted by Crippen LogP contribution is -2.48. The summed E-state index contributed by atoms with van der Waals surface area (Å²) in [6, 6.07) is 2.92. The van der Waals surface area contributed by atoms with E-state index < -0.39 is 5.51 Å². The van der Waals surface area contributed by atoms with E-state index in [-0.39, 0.29) is 40.5 Å². The van der Waals surface area contributed by atoms with E-state index in [1.165, 1.54) is 18.3 Å². The number of halogens is 3. The Hall–Kier alpha value is -1.32. The number of amides is 1. The number of rotatable bonds is 4. The smallest absolute Gasteiger partial charge is 0.373 e. The molecule has 2 saturated heterocycles. The zero-order valence-electron chi connectivity index (χ0n) is 16.1. The van der Waals surface area contributed by atoms with Crippen LogP contribution in [0.15, 0.2) is 23.4 Å². The highest BCUT2D eigenvalue weighted by molar-refractivity contribution is 8.00. The van der Waals surface area contributed by atoms with Gasteiger partial charge >= 0.3 is 5.51 Å². The molecule has 0 aliphatic carbocycles. The summed E-state index contributed by atoms with van der Waals surface area (Å²) in [4.78, 5) is 20.6. The molecule has 2 fully saturated rings. The van der Waals surface area contributed by atoms with Crippen molar-refractivity contribution in [2.45, 2.75) is 49.4 Å². The average molecular weight is 417 g/mol. The summed E-state index contributed by atoms with van der Waals surface area (Å²) >= 11 is -0.333. The van der Waals surface area contributed by atoms with Crippen molar-refractivity contribution in [2.75, 3.05) is 32.7 Å². The number of nitrogens with zero attached hydrogens (tertiary/aromatic N) is 3. The number of carbonyl (C=O) groups is 1. The highest BCUT2D eigenvalue weighted by atomic mass is 32.2. The highest BCUT2D eigenvalue weighted by Gasteiger charge is 2.34. The van der Waals surface area contributed by atoms with Gasteiger partial charge in [-0.15, -0.1) is 0 Å². The Morgan fingerprint density at radius 2 is 1.89 bits per heavy atom. The summed E-state index contributed by atoms with van der Waals surface area (Å²) in [5.74, 6) is 0.117. The van der Waals surface area contributed by atoms with Gasteiger partial charge in [0.25, 0.3) is 5.91 Å². The number of alkyl halides is 3. The van der Waals surface area contributed by atoms with Gasteiger partial charge in [-0.2, -0.15) is 13.2 Å². The first kappa shape index (κ1) is 21.4. The number of hydrogen-bond donors (Lipinski definition) is 0. The number of ether oxygens (including phenoxy) is 1. The number of piperidine rings is 1. The van der Waals surface area contributed by atoms with Crippen molar-refractivity contribution < 1.29 is 22.7 Å². The Bertz CT molecular complexity index is 671. The van der Waals surface area contributed by atoms with Gasteiger partial charge in [0, 0.05) is 50.7 Å². The van der Waals surface area contributed by atoms with Gasteiger partial charge in [-0.25, -0.2) is 4.98 Å². The summed E-state index contributed by atoms with van der Waals surface area (Å²) in [5, 5.41) is -0.279. The minimum atomic E-state index is -4.47. The van der Waals surface area contributed by atoms with E-state index in [1.54, 1.807) is 4.90 Å².